The molecule has 0 unspecified atom stereocenters. The summed E-state index contributed by atoms with van der Waals surface area (Å²) in [6.45, 7) is 0. The number of nitrogens with zero attached hydrogens (tertiary/aromatic N) is 2. The van der Waals surface area contributed by atoms with Crippen molar-refractivity contribution in [2.45, 2.75) is 31.6 Å². The zero-order chi connectivity index (χ0) is 13.2. The van der Waals surface area contributed by atoms with Gasteiger partial charge in [-0.15, -0.1) is 0 Å². The minimum absolute atomic E-state index is 0.506. The fourth-order valence-corrected chi connectivity index (χ4v) is 3.00. The van der Waals surface area contributed by atoms with Gasteiger partial charge in [-0.05, 0) is 31.0 Å². The Kier molecular flexibility index (Phi) is 3.72. The molecule has 98 valence electrons. The standard InChI is InChI=1S/C15H14Cl2N2/c16-12-7-3-6-11(8-12)15-18-13(9-14(17)19-15)10-4-1-2-5-10/h3,6-10H,1-2,4-5H2. The Labute approximate surface area is 122 Å². The van der Waals surface area contributed by atoms with E-state index in [-0.39, 0.29) is 0 Å². The van der Waals surface area contributed by atoms with Crippen LogP contribution in [-0.4, -0.2) is 9.97 Å². The maximum absolute atomic E-state index is 6.13. The van der Waals surface area contributed by atoms with Crippen LogP contribution in [0.4, 0.5) is 0 Å². The Morgan fingerprint density at radius 2 is 1.79 bits per heavy atom. The Morgan fingerprint density at radius 3 is 2.53 bits per heavy atom. The van der Waals surface area contributed by atoms with E-state index in [0.29, 0.717) is 21.9 Å². The molecule has 0 aliphatic heterocycles. The monoisotopic (exact) mass is 292 g/mol. The fraction of sp³-hybridized carbons (Fsp3) is 0.333. The Balaban J connectivity index is 2.01. The third kappa shape index (κ3) is 2.90. The molecule has 2 aromatic rings. The highest BCUT2D eigenvalue weighted by atomic mass is 35.5. The van der Waals surface area contributed by atoms with Crippen LogP contribution in [0.25, 0.3) is 11.4 Å². The molecule has 2 nitrogen and oxygen atoms in total. The molecular formula is C15H14Cl2N2. The van der Waals surface area contributed by atoms with Gasteiger partial charge in [-0.3, -0.25) is 0 Å². The first-order chi connectivity index (χ1) is 9.22. The van der Waals surface area contributed by atoms with Gasteiger partial charge >= 0.3 is 0 Å². The van der Waals surface area contributed by atoms with Gasteiger partial charge in [-0.2, -0.15) is 0 Å². The van der Waals surface area contributed by atoms with Crippen LogP contribution >= 0.6 is 23.2 Å². The maximum Gasteiger partial charge on any atom is 0.161 e. The van der Waals surface area contributed by atoms with Crippen molar-refractivity contribution in [2.75, 3.05) is 0 Å². The quantitative estimate of drug-likeness (QED) is 0.719. The molecular weight excluding hydrogens is 279 g/mol. The lowest BCUT2D eigenvalue weighted by atomic mass is 10.0. The summed E-state index contributed by atoms with van der Waals surface area (Å²) in [7, 11) is 0. The second-order valence-electron chi connectivity index (χ2n) is 4.93. The first-order valence-corrected chi connectivity index (χ1v) is 7.28. The molecule has 0 amide bonds. The van der Waals surface area contributed by atoms with E-state index < -0.39 is 0 Å². The molecule has 1 heterocycles. The van der Waals surface area contributed by atoms with Crippen LogP contribution in [0.15, 0.2) is 30.3 Å². The highest BCUT2D eigenvalue weighted by Gasteiger charge is 2.20. The molecule has 0 atom stereocenters. The lowest BCUT2D eigenvalue weighted by Gasteiger charge is -2.10. The van der Waals surface area contributed by atoms with Crippen molar-refractivity contribution in [1.29, 1.82) is 0 Å². The van der Waals surface area contributed by atoms with Crippen molar-refractivity contribution in [3.8, 4) is 11.4 Å². The van der Waals surface area contributed by atoms with Gasteiger partial charge in [-0.25, -0.2) is 9.97 Å². The summed E-state index contributed by atoms with van der Waals surface area (Å²) in [5.74, 6) is 1.19. The van der Waals surface area contributed by atoms with Crippen LogP contribution < -0.4 is 0 Å². The highest BCUT2D eigenvalue weighted by molar-refractivity contribution is 6.31. The molecule has 0 saturated heterocycles. The van der Waals surface area contributed by atoms with Crippen molar-refractivity contribution in [3.05, 3.63) is 46.2 Å². The molecule has 1 aliphatic rings. The number of rotatable bonds is 2. The van der Waals surface area contributed by atoms with Crippen molar-refractivity contribution in [1.82, 2.24) is 9.97 Å². The summed E-state index contributed by atoms with van der Waals surface area (Å²) in [5, 5.41) is 1.19. The number of halogens is 2. The van der Waals surface area contributed by atoms with Crippen LogP contribution in [0, 0.1) is 0 Å². The summed E-state index contributed by atoms with van der Waals surface area (Å²) >= 11 is 12.1. The van der Waals surface area contributed by atoms with E-state index in [1.54, 1.807) is 0 Å². The van der Waals surface area contributed by atoms with Crippen molar-refractivity contribution in [2.24, 2.45) is 0 Å². The van der Waals surface area contributed by atoms with Crippen molar-refractivity contribution >= 4 is 23.2 Å². The number of benzene rings is 1. The van der Waals surface area contributed by atoms with Gasteiger partial charge < -0.3 is 0 Å². The van der Waals surface area contributed by atoms with Crippen LogP contribution in [-0.2, 0) is 0 Å². The Hall–Kier alpha value is -1.12. The molecule has 1 fully saturated rings. The predicted octanol–water partition coefficient (Wildman–Crippen LogP) is 5.11. The number of hydrogen-bond donors (Lipinski definition) is 0. The molecule has 1 aromatic heterocycles. The molecule has 1 aliphatic carbocycles. The van der Waals surface area contributed by atoms with Crippen LogP contribution in [0.1, 0.15) is 37.3 Å². The third-order valence-electron chi connectivity index (χ3n) is 3.57. The second-order valence-corrected chi connectivity index (χ2v) is 5.75. The van der Waals surface area contributed by atoms with E-state index in [4.69, 9.17) is 23.2 Å². The summed E-state index contributed by atoms with van der Waals surface area (Å²) in [5.41, 5.74) is 1.97. The molecule has 19 heavy (non-hydrogen) atoms. The molecule has 4 heteroatoms. The minimum Gasteiger partial charge on any atom is -0.233 e. The minimum atomic E-state index is 0.506. The van der Waals surface area contributed by atoms with Crippen LogP contribution in [0.3, 0.4) is 0 Å². The van der Waals surface area contributed by atoms with Crippen LogP contribution in [0.5, 0.6) is 0 Å². The van der Waals surface area contributed by atoms with Crippen molar-refractivity contribution < 1.29 is 0 Å². The molecule has 0 spiro atoms. The van der Waals surface area contributed by atoms with Gasteiger partial charge in [0.2, 0.25) is 0 Å². The maximum atomic E-state index is 6.13. The van der Waals surface area contributed by atoms with E-state index in [1.807, 2.05) is 30.3 Å². The average Bonchev–Trinajstić information content (AvgIpc) is 2.92. The van der Waals surface area contributed by atoms with Crippen molar-refractivity contribution in [3.63, 3.8) is 0 Å². The average molecular weight is 293 g/mol. The molecule has 3 rings (SSSR count). The van der Waals surface area contributed by atoms with Gasteiger partial charge in [0.15, 0.2) is 5.82 Å². The number of hydrogen-bond acceptors (Lipinski definition) is 2. The lowest BCUT2D eigenvalue weighted by molar-refractivity contribution is 0.695. The largest absolute Gasteiger partial charge is 0.233 e. The summed E-state index contributed by atoms with van der Waals surface area (Å²) in [4.78, 5) is 8.99. The van der Waals surface area contributed by atoms with E-state index in [1.165, 1.54) is 25.7 Å². The second kappa shape index (κ2) is 5.48. The summed E-state index contributed by atoms with van der Waals surface area (Å²) in [6, 6.07) is 9.46. The smallest absolute Gasteiger partial charge is 0.161 e. The number of aromatic nitrogens is 2. The molecule has 0 N–H and O–H groups in total. The molecule has 1 saturated carbocycles. The van der Waals surface area contributed by atoms with E-state index in [9.17, 15) is 0 Å². The first-order valence-electron chi connectivity index (χ1n) is 6.53. The van der Waals surface area contributed by atoms with Gasteiger partial charge in [-0.1, -0.05) is 48.2 Å². The Bertz CT molecular complexity index is 592. The SMILES string of the molecule is Clc1cccc(-c2nc(Cl)cc(C3CCCC3)n2)c1. The summed E-state index contributed by atoms with van der Waals surface area (Å²) in [6.07, 6.45) is 4.95. The van der Waals surface area contributed by atoms with E-state index >= 15 is 0 Å². The molecule has 0 bridgehead atoms. The van der Waals surface area contributed by atoms with E-state index in [2.05, 4.69) is 9.97 Å². The predicted molar refractivity (Wildman–Crippen MR) is 78.7 cm³/mol. The molecule has 1 aromatic carbocycles. The topological polar surface area (TPSA) is 25.8 Å². The normalized spacial score (nSPS) is 15.9. The van der Waals surface area contributed by atoms with Gasteiger partial charge in [0.25, 0.3) is 0 Å². The van der Waals surface area contributed by atoms with Gasteiger partial charge in [0.1, 0.15) is 5.15 Å². The van der Waals surface area contributed by atoms with E-state index in [0.717, 1.165) is 11.3 Å². The molecule has 0 radical (unpaired) electrons. The highest BCUT2D eigenvalue weighted by Crippen LogP contribution is 2.34. The van der Waals surface area contributed by atoms with Gasteiger partial charge in [0.05, 0.1) is 0 Å². The summed E-state index contributed by atoms with van der Waals surface area (Å²) < 4.78 is 0. The zero-order valence-corrected chi connectivity index (χ0v) is 12.0. The fourth-order valence-electron chi connectivity index (χ4n) is 2.62. The lowest BCUT2D eigenvalue weighted by Crippen LogP contribution is -2.00. The zero-order valence-electron chi connectivity index (χ0n) is 10.4. The Morgan fingerprint density at radius 1 is 1.00 bits per heavy atom. The van der Waals surface area contributed by atoms with Crippen LogP contribution in [0.2, 0.25) is 10.2 Å². The van der Waals surface area contributed by atoms with Gasteiger partial charge in [0, 0.05) is 22.2 Å². The third-order valence-corrected chi connectivity index (χ3v) is 4.00. The first kappa shape index (κ1) is 12.9.